The second-order valence-electron chi connectivity index (χ2n) is 3.69. The average Bonchev–Trinajstić information content (AvgIpc) is 2.68. The summed E-state index contributed by atoms with van der Waals surface area (Å²) >= 11 is 6.48. The molecule has 0 saturated heterocycles. The van der Waals surface area contributed by atoms with Gasteiger partial charge in [-0.1, -0.05) is 15.9 Å². The molecule has 98 valence electrons. The van der Waals surface area contributed by atoms with Gasteiger partial charge in [-0.2, -0.15) is 0 Å². The van der Waals surface area contributed by atoms with Crippen molar-refractivity contribution < 1.29 is 13.6 Å². The zero-order valence-corrected chi connectivity index (χ0v) is 12.7. The number of benzene rings is 1. The van der Waals surface area contributed by atoms with E-state index < -0.39 is 11.7 Å². The lowest BCUT2D eigenvalue weighted by atomic mass is 10.1. The predicted molar refractivity (Wildman–Crippen MR) is 77.7 cm³/mol. The summed E-state index contributed by atoms with van der Waals surface area (Å²) in [5.41, 5.74) is 5.32. The minimum Gasteiger partial charge on any atom is -0.455 e. The Morgan fingerprint density at radius 1 is 1.32 bits per heavy atom. The maximum absolute atomic E-state index is 13.8. The quantitative estimate of drug-likeness (QED) is 0.804. The normalized spacial score (nSPS) is 11.1. The first-order chi connectivity index (χ1) is 8.97. The first-order valence-corrected chi connectivity index (χ1v) is 6.78. The van der Waals surface area contributed by atoms with E-state index in [1.165, 1.54) is 18.2 Å². The van der Waals surface area contributed by atoms with Gasteiger partial charge in [-0.15, -0.1) is 0 Å². The Balaban J connectivity index is 2.43. The van der Waals surface area contributed by atoms with Crippen molar-refractivity contribution >= 4 is 43.8 Å². The molecular formula is C13H8Br2FNO2. The lowest BCUT2D eigenvalue weighted by Gasteiger charge is -2.01. The fraction of sp³-hybridized carbons (Fsp3) is 0. The summed E-state index contributed by atoms with van der Waals surface area (Å²) in [6.07, 6.45) is 2.60. The summed E-state index contributed by atoms with van der Waals surface area (Å²) in [5, 5.41) is 0. The highest BCUT2D eigenvalue weighted by Gasteiger charge is 2.14. The zero-order chi connectivity index (χ0) is 14.0. The Labute approximate surface area is 125 Å². The molecule has 1 heterocycles. The Kier molecular flexibility index (Phi) is 4.21. The number of carbonyl (C=O) groups is 1. The molecule has 0 aliphatic rings. The fourth-order valence-electron chi connectivity index (χ4n) is 1.49. The van der Waals surface area contributed by atoms with Gasteiger partial charge in [0.1, 0.15) is 11.6 Å². The highest BCUT2D eigenvalue weighted by atomic mass is 79.9. The number of carbonyl (C=O) groups excluding carboxylic acids is 1. The molecule has 0 unspecified atom stereocenters. The Hall–Kier alpha value is -1.40. The molecule has 3 nitrogen and oxygen atoms in total. The molecule has 0 spiro atoms. The number of furan rings is 1. The van der Waals surface area contributed by atoms with Crippen molar-refractivity contribution in [3.05, 3.63) is 50.9 Å². The third-order valence-electron chi connectivity index (χ3n) is 2.29. The molecular weight excluding hydrogens is 381 g/mol. The molecule has 19 heavy (non-hydrogen) atoms. The highest BCUT2D eigenvalue weighted by molar-refractivity contribution is 9.10. The van der Waals surface area contributed by atoms with Crippen molar-refractivity contribution in [1.29, 1.82) is 0 Å². The molecule has 0 aliphatic carbocycles. The van der Waals surface area contributed by atoms with Crippen LogP contribution in [0.4, 0.5) is 4.39 Å². The minimum atomic E-state index is -0.580. The predicted octanol–water partition coefficient (Wildman–Crippen LogP) is 4.11. The van der Waals surface area contributed by atoms with Crippen molar-refractivity contribution in [3.8, 4) is 11.3 Å². The fourth-order valence-corrected chi connectivity index (χ4v) is 2.34. The van der Waals surface area contributed by atoms with Gasteiger partial charge >= 0.3 is 0 Å². The molecule has 2 N–H and O–H groups in total. The summed E-state index contributed by atoms with van der Waals surface area (Å²) in [5.74, 6) is -0.226. The van der Waals surface area contributed by atoms with Gasteiger partial charge in [0.05, 0.1) is 10.0 Å². The van der Waals surface area contributed by atoms with E-state index in [2.05, 4.69) is 31.9 Å². The largest absolute Gasteiger partial charge is 0.455 e. The van der Waals surface area contributed by atoms with E-state index in [0.717, 1.165) is 0 Å². The average molecular weight is 389 g/mol. The van der Waals surface area contributed by atoms with Crippen LogP contribution in [0.25, 0.3) is 17.4 Å². The highest BCUT2D eigenvalue weighted by Crippen LogP contribution is 2.34. The number of hydrogen-bond acceptors (Lipinski definition) is 2. The Morgan fingerprint density at radius 2 is 2.05 bits per heavy atom. The summed E-state index contributed by atoms with van der Waals surface area (Å²) in [6, 6.07) is 6.30. The van der Waals surface area contributed by atoms with E-state index in [4.69, 9.17) is 10.2 Å². The molecule has 0 aliphatic heterocycles. The lowest BCUT2D eigenvalue weighted by molar-refractivity contribution is -0.113. The SMILES string of the molecule is NC(=O)/C=C/c1cc(Br)c(-c2ccc(Br)cc2F)o1. The maximum atomic E-state index is 13.8. The number of halogens is 3. The minimum absolute atomic E-state index is 0.328. The van der Waals surface area contributed by atoms with E-state index >= 15 is 0 Å². The van der Waals surface area contributed by atoms with Gasteiger partial charge in [-0.05, 0) is 46.3 Å². The summed E-state index contributed by atoms with van der Waals surface area (Å²) < 4.78 is 20.6. The summed E-state index contributed by atoms with van der Waals surface area (Å²) in [6.45, 7) is 0. The maximum Gasteiger partial charge on any atom is 0.241 e. The molecule has 2 aromatic rings. The van der Waals surface area contributed by atoms with Crippen molar-refractivity contribution in [2.45, 2.75) is 0 Å². The topological polar surface area (TPSA) is 56.2 Å². The van der Waals surface area contributed by atoms with Crippen LogP contribution in [-0.2, 0) is 4.79 Å². The lowest BCUT2D eigenvalue weighted by Crippen LogP contribution is -2.04. The molecule has 1 amide bonds. The van der Waals surface area contributed by atoms with Crippen LogP contribution >= 0.6 is 31.9 Å². The van der Waals surface area contributed by atoms with Gasteiger partial charge in [0.25, 0.3) is 0 Å². The van der Waals surface area contributed by atoms with Crippen molar-refractivity contribution in [2.24, 2.45) is 5.73 Å². The Bertz CT molecular complexity index is 665. The van der Waals surface area contributed by atoms with Gasteiger partial charge in [-0.25, -0.2) is 4.39 Å². The van der Waals surface area contributed by atoms with Gasteiger partial charge in [0.15, 0.2) is 5.76 Å². The van der Waals surface area contributed by atoms with E-state index in [9.17, 15) is 9.18 Å². The third kappa shape index (κ3) is 3.33. The molecule has 2 rings (SSSR count). The van der Waals surface area contributed by atoms with Crippen LogP contribution in [-0.4, -0.2) is 5.91 Å². The standard InChI is InChI=1S/C13H8Br2FNO2/c14-7-1-3-9(11(16)5-7)13-10(15)6-8(19-13)2-4-12(17)18/h1-6H,(H2,17,18)/b4-2+. The molecule has 0 atom stereocenters. The van der Waals surface area contributed by atoms with Crippen LogP contribution in [0.5, 0.6) is 0 Å². The van der Waals surface area contributed by atoms with Crippen LogP contribution in [0.2, 0.25) is 0 Å². The molecule has 0 fully saturated rings. The smallest absolute Gasteiger partial charge is 0.241 e. The van der Waals surface area contributed by atoms with Crippen LogP contribution in [0.1, 0.15) is 5.76 Å². The van der Waals surface area contributed by atoms with Crippen LogP contribution in [0.15, 0.2) is 43.7 Å². The van der Waals surface area contributed by atoms with Gasteiger partial charge in [0.2, 0.25) is 5.91 Å². The second-order valence-corrected chi connectivity index (χ2v) is 5.46. The van der Waals surface area contributed by atoms with Crippen LogP contribution in [0.3, 0.4) is 0 Å². The van der Waals surface area contributed by atoms with Gasteiger partial charge < -0.3 is 10.2 Å². The monoisotopic (exact) mass is 387 g/mol. The number of rotatable bonds is 3. The Morgan fingerprint density at radius 3 is 2.68 bits per heavy atom. The molecule has 0 radical (unpaired) electrons. The van der Waals surface area contributed by atoms with E-state index in [1.807, 2.05) is 0 Å². The van der Waals surface area contributed by atoms with E-state index in [-0.39, 0.29) is 0 Å². The van der Waals surface area contributed by atoms with Crippen molar-refractivity contribution in [1.82, 2.24) is 0 Å². The van der Waals surface area contributed by atoms with Crippen LogP contribution in [0, 0.1) is 5.82 Å². The van der Waals surface area contributed by atoms with Crippen molar-refractivity contribution in [3.63, 3.8) is 0 Å². The zero-order valence-electron chi connectivity index (χ0n) is 9.49. The van der Waals surface area contributed by atoms with Crippen LogP contribution < -0.4 is 5.73 Å². The number of amides is 1. The number of primary amides is 1. The second kappa shape index (κ2) is 5.71. The molecule has 6 heteroatoms. The van der Waals surface area contributed by atoms with E-state index in [0.29, 0.717) is 26.0 Å². The van der Waals surface area contributed by atoms with Crippen molar-refractivity contribution in [2.75, 3.05) is 0 Å². The summed E-state index contributed by atoms with van der Waals surface area (Å²) in [7, 11) is 0. The first-order valence-electron chi connectivity index (χ1n) is 5.19. The van der Waals surface area contributed by atoms with E-state index in [1.54, 1.807) is 18.2 Å². The third-order valence-corrected chi connectivity index (χ3v) is 3.38. The molecule has 0 bridgehead atoms. The molecule has 0 saturated carbocycles. The summed E-state index contributed by atoms with van der Waals surface area (Å²) in [4.78, 5) is 10.6. The number of hydrogen-bond donors (Lipinski definition) is 1. The molecule has 1 aromatic heterocycles. The van der Waals surface area contributed by atoms with Gasteiger partial charge in [0, 0.05) is 10.5 Å². The first kappa shape index (κ1) is 14.0. The molecule has 1 aromatic carbocycles. The number of nitrogens with two attached hydrogens (primary N) is 1. The van der Waals surface area contributed by atoms with Gasteiger partial charge in [-0.3, -0.25) is 4.79 Å².